The Morgan fingerprint density at radius 1 is 1.33 bits per heavy atom. The Kier molecular flexibility index (Phi) is 3.27. The molecule has 2 heteroatoms. The van der Waals surface area contributed by atoms with Crippen molar-refractivity contribution in [1.29, 1.82) is 0 Å². The zero-order valence-electron chi connectivity index (χ0n) is 9.49. The molecule has 1 aromatic rings. The molecule has 1 unspecified atom stereocenters. The van der Waals surface area contributed by atoms with Gasteiger partial charge in [0.2, 0.25) is 0 Å². The number of nitrogens with one attached hydrogen (secondary N) is 1. The standard InChI is InChI=1S/C13H19NO/c1-3-15-12-8-6-11(7-9-12)13(14-2)10-4-5-10/h6-10,13-14H,3-5H2,1-2H3. The molecule has 15 heavy (non-hydrogen) atoms. The molecule has 82 valence electrons. The fourth-order valence-electron chi connectivity index (χ4n) is 2.04. The number of hydrogen-bond acceptors (Lipinski definition) is 2. The highest BCUT2D eigenvalue weighted by Gasteiger charge is 2.30. The second kappa shape index (κ2) is 4.67. The molecule has 1 aliphatic rings. The predicted molar refractivity (Wildman–Crippen MR) is 62.1 cm³/mol. The minimum absolute atomic E-state index is 0.528. The number of rotatable bonds is 5. The van der Waals surface area contributed by atoms with E-state index in [-0.39, 0.29) is 0 Å². The van der Waals surface area contributed by atoms with Crippen LogP contribution in [0.5, 0.6) is 5.75 Å². The first kappa shape index (κ1) is 10.5. The van der Waals surface area contributed by atoms with Gasteiger partial charge in [-0.3, -0.25) is 0 Å². The van der Waals surface area contributed by atoms with Gasteiger partial charge in [0.1, 0.15) is 5.75 Å². The van der Waals surface area contributed by atoms with Crippen LogP contribution in [0, 0.1) is 5.92 Å². The second-order valence-corrected chi connectivity index (χ2v) is 4.11. The van der Waals surface area contributed by atoms with E-state index in [4.69, 9.17) is 4.74 Å². The van der Waals surface area contributed by atoms with Crippen LogP contribution in [0.1, 0.15) is 31.4 Å². The Morgan fingerprint density at radius 3 is 2.47 bits per heavy atom. The van der Waals surface area contributed by atoms with Crippen molar-refractivity contribution in [3.8, 4) is 5.75 Å². The summed E-state index contributed by atoms with van der Waals surface area (Å²) in [4.78, 5) is 0. The molecule has 2 nitrogen and oxygen atoms in total. The van der Waals surface area contributed by atoms with Crippen LogP contribution in [0.3, 0.4) is 0 Å². The van der Waals surface area contributed by atoms with E-state index in [1.54, 1.807) is 0 Å². The van der Waals surface area contributed by atoms with Gasteiger partial charge in [-0.15, -0.1) is 0 Å². The summed E-state index contributed by atoms with van der Waals surface area (Å²) in [6, 6.07) is 8.99. The average Bonchev–Trinajstić information content (AvgIpc) is 3.06. The third-order valence-electron chi connectivity index (χ3n) is 2.95. The largest absolute Gasteiger partial charge is 0.494 e. The van der Waals surface area contributed by atoms with Gasteiger partial charge in [-0.1, -0.05) is 12.1 Å². The Hall–Kier alpha value is -1.02. The molecule has 0 radical (unpaired) electrons. The first-order chi connectivity index (χ1) is 7.35. The lowest BCUT2D eigenvalue weighted by atomic mass is 10.0. The maximum Gasteiger partial charge on any atom is 0.119 e. The molecule has 0 spiro atoms. The lowest BCUT2D eigenvalue weighted by molar-refractivity contribution is 0.340. The summed E-state index contributed by atoms with van der Waals surface area (Å²) in [6.45, 7) is 2.74. The Balaban J connectivity index is 2.07. The van der Waals surface area contributed by atoms with E-state index in [0.29, 0.717) is 6.04 Å². The van der Waals surface area contributed by atoms with E-state index in [2.05, 4.69) is 29.6 Å². The Labute approximate surface area is 91.6 Å². The van der Waals surface area contributed by atoms with E-state index >= 15 is 0 Å². The van der Waals surface area contributed by atoms with Crippen molar-refractivity contribution in [2.75, 3.05) is 13.7 Å². The van der Waals surface area contributed by atoms with E-state index < -0.39 is 0 Å². The van der Waals surface area contributed by atoms with E-state index in [1.165, 1.54) is 18.4 Å². The van der Waals surface area contributed by atoms with E-state index in [9.17, 15) is 0 Å². The van der Waals surface area contributed by atoms with Gasteiger partial charge in [0.15, 0.2) is 0 Å². The van der Waals surface area contributed by atoms with Crippen molar-refractivity contribution in [3.63, 3.8) is 0 Å². The van der Waals surface area contributed by atoms with Crippen LogP contribution in [0.25, 0.3) is 0 Å². The predicted octanol–water partition coefficient (Wildman–Crippen LogP) is 2.76. The normalized spacial score (nSPS) is 17.5. The molecular weight excluding hydrogens is 186 g/mol. The van der Waals surface area contributed by atoms with Crippen molar-refractivity contribution in [2.24, 2.45) is 5.92 Å². The summed E-state index contributed by atoms with van der Waals surface area (Å²) in [5, 5.41) is 3.39. The van der Waals surface area contributed by atoms with Gasteiger partial charge >= 0.3 is 0 Å². The number of hydrogen-bond donors (Lipinski definition) is 1. The van der Waals surface area contributed by atoms with Crippen molar-refractivity contribution >= 4 is 0 Å². The second-order valence-electron chi connectivity index (χ2n) is 4.11. The summed E-state index contributed by atoms with van der Waals surface area (Å²) < 4.78 is 5.43. The molecule has 1 N–H and O–H groups in total. The maximum absolute atomic E-state index is 5.43. The van der Waals surface area contributed by atoms with Gasteiger partial charge in [0.05, 0.1) is 6.61 Å². The molecule has 0 heterocycles. The molecule has 2 rings (SSSR count). The summed E-state index contributed by atoms with van der Waals surface area (Å²) >= 11 is 0. The quantitative estimate of drug-likeness (QED) is 0.798. The van der Waals surface area contributed by atoms with Crippen LogP contribution in [0.4, 0.5) is 0 Å². The highest BCUT2D eigenvalue weighted by atomic mass is 16.5. The average molecular weight is 205 g/mol. The molecule has 1 fully saturated rings. The highest BCUT2D eigenvalue weighted by molar-refractivity contribution is 5.30. The first-order valence-electron chi connectivity index (χ1n) is 5.75. The summed E-state index contributed by atoms with van der Waals surface area (Å²) in [5.74, 6) is 1.81. The van der Waals surface area contributed by atoms with Gasteiger partial charge in [0, 0.05) is 6.04 Å². The summed E-state index contributed by atoms with van der Waals surface area (Å²) in [6.07, 6.45) is 2.72. The van der Waals surface area contributed by atoms with Crippen molar-refractivity contribution in [2.45, 2.75) is 25.8 Å². The molecular formula is C13H19NO. The smallest absolute Gasteiger partial charge is 0.119 e. The lowest BCUT2D eigenvalue weighted by Crippen LogP contribution is -2.18. The van der Waals surface area contributed by atoms with Crippen LogP contribution in [-0.2, 0) is 0 Å². The Morgan fingerprint density at radius 2 is 2.00 bits per heavy atom. The highest BCUT2D eigenvalue weighted by Crippen LogP contribution is 2.40. The molecule has 0 saturated heterocycles. The van der Waals surface area contributed by atoms with Crippen molar-refractivity contribution in [3.05, 3.63) is 29.8 Å². The van der Waals surface area contributed by atoms with Crippen LogP contribution in [-0.4, -0.2) is 13.7 Å². The van der Waals surface area contributed by atoms with Crippen LogP contribution < -0.4 is 10.1 Å². The van der Waals surface area contributed by atoms with Gasteiger partial charge in [-0.2, -0.15) is 0 Å². The van der Waals surface area contributed by atoms with Gasteiger partial charge in [-0.25, -0.2) is 0 Å². The molecule has 0 aliphatic heterocycles. The minimum atomic E-state index is 0.528. The zero-order valence-corrected chi connectivity index (χ0v) is 9.49. The molecule has 0 bridgehead atoms. The monoisotopic (exact) mass is 205 g/mol. The van der Waals surface area contributed by atoms with E-state index in [1.807, 2.05) is 14.0 Å². The summed E-state index contributed by atoms with van der Waals surface area (Å²) in [7, 11) is 2.04. The van der Waals surface area contributed by atoms with Crippen molar-refractivity contribution < 1.29 is 4.74 Å². The van der Waals surface area contributed by atoms with E-state index in [0.717, 1.165) is 18.3 Å². The minimum Gasteiger partial charge on any atom is -0.494 e. The fourth-order valence-corrected chi connectivity index (χ4v) is 2.04. The van der Waals surface area contributed by atoms with Crippen LogP contribution in [0.2, 0.25) is 0 Å². The fraction of sp³-hybridized carbons (Fsp3) is 0.538. The van der Waals surface area contributed by atoms with Gasteiger partial charge in [0.25, 0.3) is 0 Å². The zero-order chi connectivity index (χ0) is 10.7. The lowest BCUT2D eigenvalue weighted by Gasteiger charge is -2.16. The van der Waals surface area contributed by atoms with Crippen LogP contribution >= 0.6 is 0 Å². The molecule has 1 saturated carbocycles. The SMILES string of the molecule is CCOc1ccc(C(NC)C2CC2)cc1. The third-order valence-corrected chi connectivity index (χ3v) is 2.95. The molecule has 1 aliphatic carbocycles. The maximum atomic E-state index is 5.43. The topological polar surface area (TPSA) is 21.3 Å². The molecule has 1 atom stereocenters. The molecule has 0 amide bonds. The third kappa shape index (κ3) is 2.51. The van der Waals surface area contributed by atoms with Crippen LogP contribution in [0.15, 0.2) is 24.3 Å². The molecule has 1 aromatic carbocycles. The Bertz CT molecular complexity index is 303. The summed E-state index contributed by atoms with van der Waals surface area (Å²) in [5.41, 5.74) is 1.38. The number of benzene rings is 1. The van der Waals surface area contributed by atoms with Gasteiger partial charge < -0.3 is 10.1 Å². The first-order valence-corrected chi connectivity index (χ1v) is 5.75. The number of ether oxygens (including phenoxy) is 1. The molecule has 0 aromatic heterocycles. The van der Waals surface area contributed by atoms with Crippen molar-refractivity contribution in [1.82, 2.24) is 5.32 Å². The van der Waals surface area contributed by atoms with Gasteiger partial charge in [-0.05, 0) is 50.4 Å².